The van der Waals surface area contributed by atoms with Crippen LogP contribution in [-0.2, 0) is 4.79 Å². The highest BCUT2D eigenvalue weighted by Gasteiger charge is 2.30. The molecule has 0 fully saturated rings. The lowest BCUT2D eigenvalue weighted by molar-refractivity contribution is -0.116. The van der Waals surface area contributed by atoms with Gasteiger partial charge in [0.15, 0.2) is 5.16 Å². The first kappa shape index (κ1) is 12.9. The van der Waals surface area contributed by atoms with Crippen molar-refractivity contribution in [2.75, 3.05) is 11.6 Å². The molecule has 0 spiro atoms. The Balaban J connectivity index is 2.18. The van der Waals surface area contributed by atoms with Gasteiger partial charge in [0.25, 0.3) is 5.56 Å². The van der Waals surface area contributed by atoms with Gasteiger partial charge in [-0.15, -0.1) is 0 Å². The van der Waals surface area contributed by atoms with E-state index in [1.807, 2.05) is 36.6 Å². The van der Waals surface area contributed by atoms with E-state index in [1.54, 1.807) is 0 Å². The third-order valence-electron chi connectivity index (χ3n) is 3.32. The summed E-state index contributed by atoms with van der Waals surface area (Å²) < 4.78 is 0. The van der Waals surface area contributed by atoms with E-state index in [1.165, 1.54) is 11.8 Å². The van der Waals surface area contributed by atoms with Crippen LogP contribution in [0.4, 0.5) is 5.82 Å². The van der Waals surface area contributed by atoms with Gasteiger partial charge in [-0.05, 0) is 11.8 Å². The largest absolute Gasteiger partial charge is 0.310 e. The molecule has 1 atom stereocenters. The van der Waals surface area contributed by atoms with E-state index in [0.717, 1.165) is 5.56 Å². The van der Waals surface area contributed by atoms with Crippen LogP contribution in [0.15, 0.2) is 40.3 Å². The lowest BCUT2D eigenvalue weighted by Crippen LogP contribution is -2.31. The van der Waals surface area contributed by atoms with Crippen LogP contribution in [-0.4, -0.2) is 22.1 Å². The number of nitrogens with one attached hydrogen (secondary N) is 2. The molecule has 102 valence electrons. The van der Waals surface area contributed by atoms with Gasteiger partial charge in [-0.1, -0.05) is 42.1 Å². The summed E-state index contributed by atoms with van der Waals surface area (Å²) in [6.45, 7) is 0. The van der Waals surface area contributed by atoms with Gasteiger partial charge < -0.3 is 10.3 Å². The normalized spacial score (nSPS) is 17.4. The molecular formula is C14H13N3O2S. The molecule has 3 rings (SSSR count). The summed E-state index contributed by atoms with van der Waals surface area (Å²) in [7, 11) is 0. The number of carbonyl (C=O) groups excluding carboxylic acids is 1. The number of aromatic amines is 1. The maximum atomic E-state index is 12.3. The van der Waals surface area contributed by atoms with Gasteiger partial charge in [-0.2, -0.15) is 0 Å². The van der Waals surface area contributed by atoms with Crippen molar-refractivity contribution in [3.05, 3.63) is 51.8 Å². The molecule has 0 radical (unpaired) electrons. The first-order valence-corrected chi connectivity index (χ1v) is 7.44. The van der Waals surface area contributed by atoms with Crippen molar-refractivity contribution in [2.45, 2.75) is 17.5 Å². The minimum absolute atomic E-state index is 0.114. The van der Waals surface area contributed by atoms with Crippen LogP contribution in [0.5, 0.6) is 0 Å². The Morgan fingerprint density at radius 2 is 2.00 bits per heavy atom. The molecule has 1 aromatic carbocycles. The summed E-state index contributed by atoms with van der Waals surface area (Å²) in [5, 5.41) is 3.19. The number of nitrogens with zero attached hydrogens (tertiary/aromatic N) is 1. The van der Waals surface area contributed by atoms with Gasteiger partial charge in [0.2, 0.25) is 5.91 Å². The summed E-state index contributed by atoms with van der Waals surface area (Å²) >= 11 is 1.34. The highest BCUT2D eigenvalue weighted by atomic mass is 32.2. The van der Waals surface area contributed by atoms with Crippen molar-refractivity contribution < 1.29 is 4.79 Å². The second kappa shape index (κ2) is 5.13. The van der Waals surface area contributed by atoms with Gasteiger partial charge in [0.05, 0.1) is 5.56 Å². The highest BCUT2D eigenvalue weighted by molar-refractivity contribution is 7.98. The number of rotatable bonds is 2. The Bertz CT molecular complexity index is 712. The molecule has 0 saturated heterocycles. The smallest absolute Gasteiger partial charge is 0.257 e. The van der Waals surface area contributed by atoms with Gasteiger partial charge in [-0.3, -0.25) is 9.59 Å². The number of carbonyl (C=O) groups is 1. The van der Waals surface area contributed by atoms with Crippen molar-refractivity contribution in [1.29, 1.82) is 0 Å². The molecule has 2 heterocycles. The van der Waals surface area contributed by atoms with Gasteiger partial charge in [-0.25, -0.2) is 4.98 Å². The fourth-order valence-corrected chi connectivity index (χ4v) is 2.79. The number of thioether (sulfide) groups is 1. The predicted octanol–water partition coefficient (Wildman–Crippen LogP) is 1.97. The Morgan fingerprint density at radius 1 is 1.25 bits per heavy atom. The standard InChI is InChI=1S/C14H13N3O2S/c1-20-14-16-12-11(13(19)17-14)9(7-10(18)15-12)8-5-3-2-4-6-8/h2-6,9H,7H2,1H3,(H2,15,16,17,18,19). The minimum atomic E-state index is -0.243. The van der Waals surface area contributed by atoms with Crippen LogP contribution >= 0.6 is 11.8 Å². The van der Waals surface area contributed by atoms with Crippen LogP contribution in [0.1, 0.15) is 23.5 Å². The first-order valence-electron chi connectivity index (χ1n) is 6.22. The fourth-order valence-electron chi connectivity index (χ4n) is 2.42. The molecule has 20 heavy (non-hydrogen) atoms. The molecular weight excluding hydrogens is 274 g/mol. The number of anilines is 1. The minimum Gasteiger partial charge on any atom is -0.310 e. The van der Waals surface area contributed by atoms with Crippen LogP contribution in [0, 0.1) is 0 Å². The van der Waals surface area contributed by atoms with E-state index in [4.69, 9.17) is 0 Å². The average Bonchev–Trinajstić information content (AvgIpc) is 2.46. The van der Waals surface area contributed by atoms with Gasteiger partial charge in [0, 0.05) is 12.3 Å². The van der Waals surface area contributed by atoms with Crippen molar-refractivity contribution in [2.24, 2.45) is 0 Å². The second-order valence-corrected chi connectivity index (χ2v) is 5.35. The molecule has 1 aliphatic rings. The van der Waals surface area contributed by atoms with Crippen LogP contribution < -0.4 is 10.9 Å². The molecule has 1 aromatic heterocycles. The maximum Gasteiger partial charge on any atom is 0.257 e. The molecule has 1 unspecified atom stereocenters. The number of benzene rings is 1. The Hall–Kier alpha value is -2.08. The van der Waals surface area contributed by atoms with E-state index in [9.17, 15) is 9.59 Å². The van der Waals surface area contributed by atoms with E-state index in [-0.39, 0.29) is 23.8 Å². The summed E-state index contributed by atoms with van der Waals surface area (Å²) in [5.74, 6) is 0.0202. The monoisotopic (exact) mass is 287 g/mol. The molecule has 1 amide bonds. The summed E-state index contributed by atoms with van der Waals surface area (Å²) in [4.78, 5) is 31.2. The molecule has 2 aromatic rings. The Morgan fingerprint density at radius 3 is 2.70 bits per heavy atom. The molecule has 0 bridgehead atoms. The zero-order chi connectivity index (χ0) is 14.1. The maximum absolute atomic E-state index is 12.3. The number of amides is 1. The summed E-state index contributed by atoms with van der Waals surface area (Å²) in [6, 6.07) is 9.56. The molecule has 1 aliphatic heterocycles. The van der Waals surface area contributed by atoms with Gasteiger partial charge >= 0.3 is 0 Å². The second-order valence-electron chi connectivity index (χ2n) is 4.55. The molecule has 6 heteroatoms. The third-order valence-corrected chi connectivity index (χ3v) is 3.90. The lowest BCUT2D eigenvalue weighted by atomic mass is 9.87. The summed E-state index contributed by atoms with van der Waals surface area (Å²) in [6.07, 6.45) is 2.09. The van der Waals surface area contributed by atoms with Gasteiger partial charge in [0.1, 0.15) is 5.82 Å². The van der Waals surface area contributed by atoms with Crippen molar-refractivity contribution in [3.63, 3.8) is 0 Å². The van der Waals surface area contributed by atoms with E-state index >= 15 is 0 Å². The average molecular weight is 287 g/mol. The quantitative estimate of drug-likeness (QED) is 0.654. The van der Waals surface area contributed by atoms with Crippen LogP contribution in [0.25, 0.3) is 0 Å². The van der Waals surface area contributed by atoms with E-state index < -0.39 is 0 Å². The molecule has 0 aliphatic carbocycles. The predicted molar refractivity (Wildman–Crippen MR) is 78.2 cm³/mol. The van der Waals surface area contributed by atoms with Crippen molar-refractivity contribution >= 4 is 23.5 Å². The van der Waals surface area contributed by atoms with Crippen LogP contribution in [0.2, 0.25) is 0 Å². The number of aromatic nitrogens is 2. The molecule has 5 nitrogen and oxygen atoms in total. The van der Waals surface area contributed by atoms with E-state index in [2.05, 4.69) is 15.3 Å². The van der Waals surface area contributed by atoms with Crippen molar-refractivity contribution in [3.8, 4) is 0 Å². The summed E-state index contributed by atoms with van der Waals surface area (Å²) in [5.41, 5.74) is 1.30. The lowest BCUT2D eigenvalue weighted by Gasteiger charge is -2.24. The zero-order valence-corrected chi connectivity index (χ0v) is 11.7. The van der Waals surface area contributed by atoms with Crippen LogP contribution in [0.3, 0.4) is 0 Å². The number of fused-ring (bicyclic) bond motifs is 1. The number of hydrogen-bond acceptors (Lipinski definition) is 4. The number of H-pyrrole nitrogens is 1. The molecule has 2 N–H and O–H groups in total. The first-order chi connectivity index (χ1) is 9.69. The van der Waals surface area contributed by atoms with E-state index in [0.29, 0.717) is 16.5 Å². The SMILES string of the molecule is CSc1nc2c(c(=O)[nH]1)C(c1ccccc1)CC(=O)N2. The Labute approximate surface area is 119 Å². The fraction of sp³-hybridized carbons (Fsp3) is 0.214. The third kappa shape index (κ3) is 2.22. The highest BCUT2D eigenvalue weighted by Crippen LogP contribution is 2.33. The van der Waals surface area contributed by atoms with Crippen molar-refractivity contribution in [1.82, 2.24) is 9.97 Å². The topological polar surface area (TPSA) is 74.8 Å². The number of hydrogen-bond donors (Lipinski definition) is 2. The zero-order valence-electron chi connectivity index (χ0n) is 10.8. The Kier molecular flexibility index (Phi) is 3.31. The molecule has 0 saturated carbocycles.